The highest BCUT2D eigenvalue weighted by atomic mass is 16.4. The van der Waals surface area contributed by atoms with Crippen LogP contribution in [0.15, 0.2) is 18.2 Å². The Kier molecular flexibility index (Phi) is 4.77. The molecule has 21 heavy (non-hydrogen) atoms. The van der Waals surface area contributed by atoms with Crippen molar-refractivity contribution in [3.05, 3.63) is 23.8 Å². The van der Waals surface area contributed by atoms with Crippen LogP contribution in [0.4, 0.5) is 5.69 Å². The summed E-state index contributed by atoms with van der Waals surface area (Å²) in [5, 5.41) is 21.1. The predicted molar refractivity (Wildman–Crippen MR) is 77.3 cm³/mol. The molecule has 0 aliphatic carbocycles. The molecule has 0 spiro atoms. The first-order chi connectivity index (χ1) is 9.95. The van der Waals surface area contributed by atoms with Gasteiger partial charge >= 0.3 is 5.97 Å². The summed E-state index contributed by atoms with van der Waals surface area (Å²) in [6.07, 6.45) is 1.71. The second-order valence-electron chi connectivity index (χ2n) is 5.20. The zero-order chi connectivity index (χ0) is 15.4. The molecule has 0 atom stereocenters. The first-order valence-electron chi connectivity index (χ1n) is 6.80. The van der Waals surface area contributed by atoms with E-state index in [2.05, 4.69) is 5.32 Å². The van der Waals surface area contributed by atoms with Gasteiger partial charge in [0.1, 0.15) is 5.75 Å². The van der Waals surface area contributed by atoms with Crippen molar-refractivity contribution in [3.63, 3.8) is 0 Å². The number of carbonyl (C=O) groups excluding carboxylic acids is 1. The first-order valence-corrected chi connectivity index (χ1v) is 6.80. The van der Waals surface area contributed by atoms with Crippen LogP contribution in [0.1, 0.15) is 23.2 Å². The molecule has 1 fully saturated rings. The topological polar surface area (TPSA) is 116 Å². The molecule has 1 saturated heterocycles. The predicted octanol–water partition coefficient (Wildman–Crippen LogP) is 0.452. The number of hydrogen-bond donors (Lipinski definition) is 4. The maximum absolute atomic E-state index is 12.0. The number of rotatable bonds is 4. The van der Waals surface area contributed by atoms with E-state index in [1.54, 1.807) is 0 Å². The Balaban J connectivity index is 1.96. The lowest BCUT2D eigenvalue weighted by Gasteiger charge is -2.29. The molecule has 7 nitrogen and oxygen atoms in total. The summed E-state index contributed by atoms with van der Waals surface area (Å²) in [7, 11) is 0. The van der Waals surface area contributed by atoms with E-state index < -0.39 is 5.97 Å². The van der Waals surface area contributed by atoms with E-state index in [9.17, 15) is 14.7 Å². The van der Waals surface area contributed by atoms with Crippen LogP contribution in [-0.4, -0.2) is 52.7 Å². The standard InChI is InChI=1S/C14H19N3O4/c15-10-3-5-17(6-4-10)8-13(19)16-11-7-9(14(20)21)1-2-12(11)18/h1-2,7,10,18H,3-6,8,15H2,(H,16,19)(H,20,21). The van der Waals surface area contributed by atoms with Crippen molar-refractivity contribution in [3.8, 4) is 5.75 Å². The van der Waals surface area contributed by atoms with Crippen molar-refractivity contribution >= 4 is 17.6 Å². The molecule has 2 rings (SSSR count). The molecule has 1 amide bonds. The van der Waals surface area contributed by atoms with Crippen molar-refractivity contribution in [2.75, 3.05) is 25.0 Å². The molecule has 7 heteroatoms. The Labute approximate surface area is 122 Å². The minimum Gasteiger partial charge on any atom is -0.506 e. The Morgan fingerprint density at radius 3 is 2.62 bits per heavy atom. The smallest absolute Gasteiger partial charge is 0.335 e. The maximum atomic E-state index is 12.0. The molecule has 0 saturated carbocycles. The molecule has 1 aliphatic heterocycles. The third-order valence-electron chi connectivity index (χ3n) is 3.52. The van der Waals surface area contributed by atoms with E-state index in [-0.39, 0.29) is 35.5 Å². The molecule has 1 aromatic carbocycles. The van der Waals surface area contributed by atoms with Gasteiger partial charge in [0, 0.05) is 19.1 Å². The molecule has 1 aromatic rings. The molecule has 1 heterocycles. The molecule has 114 valence electrons. The highest BCUT2D eigenvalue weighted by Gasteiger charge is 2.19. The van der Waals surface area contributed by atoms with Crippen LogP contribution in [0.2, 0.25) is 0 Å². The highest BCUT2D eigenvalue weighted by Crippen LogP contribution is 2.24. The van der Waals surface area contributed by atoms with Gasteiger partial charge in [-0.3, -0.25) is 9.69 Å². The Bertz CT molecular complexity index is 539. The Morgan fingerprint density at radius 2 is 2.00 bits per heavy atom. The van der Waals surface area contributed by atoms with Gasteiger partial charge in [-0.05, 0) is 31.0 Å². The number of phenols is 1. The molecule has 0 aromatic heterocycles. The summed E-state index contributed by atoms with van der Waals surface area (Å²) in [6, 6.07) is 3.96. The number of carboxylic acids is 1. The maximum Gasteiger partial charge on any atom is 0.335 e. The van der Waals surface area contributed by atoms with Crippen LogP contribution < -0.4 is 11.1 Å². The molecular weight excluding hydrogens is 274 g/mol. The van der Waals surface area contributed by atoms with Gasteiger partial charge in [0.25, 0.3) is 0 Å². The number of amides is 1. The summed E-state index contributed by atoms with van der Waals surface area (Å²) in [4.78, 5) is 24.8. The van der Waals surface area contributed by atoms with Gasteiger partial charge < -0.3 is 21.3 Å². The molecule has 0 bridgehead atoms. The molecular formula is C14H19N3O4. The zero-order valence-corrected chi connectivity index (χ0v) is 11.6. The lowest BCUT2D eigenvalue weighted by molar-refractivity contribution is -0.117. The average Bonchev–Trinajstić information content (AvgIpc) is 2.43. The molecule has 5 N–H and O–H groups in total. The second-order valence-corrected chi connectivity index (χ2v) is 5.20. The second kappa shape index (κ2) is 6.55. The monoisotopic (exact) mass is 293 g/mol. The summed E-state index contributed by atoms with van der Waals surface area (Å²) < 4.78 is 0. The third-order valence-corrected chi connectivity index (χ3v) is 3.52. The van der Waals surface area contributed by atoms with Crippen molar-refractivity contribution in [1.29, 1.82) is 0 Å². The van der Waals surface area contributed by atoms with Gasteiger partial charge in [-0.25, -0.2) is 4.79 Å². The highest BCUT2D eigenvalue weighted by molar-refractivity contribution is 5.96. The van der Waals surface area contributed by atoms with E-state index in [1.165, 1.54) is 18.2 Å². The fourth-order valence-corrected chi connectivity index (χ4v) is 2.27. The summed E-state index contributed by atoms with van der Waals surface area (Å²) in [6.45, 7) is 1.72. The number of aromatic carboxylic acids is 1. The number of hydrogen-bond acceptors (Lipinski definition) is 5. The lowest BCUT2D eigenvalue weighted by atomic mass is 10.1. The largest absolute Gasteiger partial charge is 0.506 e. The van der Waals surface area contributed by atoms with Gasteiger partial charge in [0.15, 0.2) is 0 Å². The third kappa shape index (κ3) is 4.17. The van der Waals surface area contributed by atoms with Gasteiger partial charge in [-0.2, -0.15) is 0 Å². The minimum absolute atomic E-state index is 0.00652. The quantitative estimate of drug-likeness (QED) is 0.599. The minimum atomic E-state index is -1.12. The lowest BCUT2D eigenvalue weighted by Crippen LogP contribution is -2.43. The number of aromatic hydroxyl groups is 1. The van der Waals surface area contributed by atoms with E-state index in [0.717, 1.165) is 25.9 Å². The number of nitrogens with zero attached hydrogens (tertiary/aromatic N) is 1. The zero-order valence-electron chi connectivity index (χ0n) is 11.6. The van der Waals surface area contributed by atoms with Crippen molar-refractivity contribution in [1.82, 2.24) is 4.90 Å². The number of anilines is 1. The van der Waals surface area contributed by atoms with Crippen LogP contribution in [0, 0.1) is 0 Å². The normalized spacial score (nSPS) is 16.6. The van der Waals surface area contributed by atoms with Gasteiger partial charge in [0.2, 0.25) is 5.91 Å². The van der Waals surface area contributed by atoms with Crippen LogP contribution >= 0.6 is 0 Å². The van der Waals surface area contributed by atoms with E-state index in [1.807, 2.05) is 4.90 Å². The summed E-state index contributed by atoms with van der Waals surface area (Å²) >= 11 is 0. The Morgan fingerprint density at radius 1 is 1.33 bits per heavy atom. The van der Waals surface area contributed by atoms with Crippen molar-refractivity contribution in [2.45, 2.75) is 18.9 Å². The number of benzene rings is 1. The number of nitrogens with one attached hydrogen (secondary N) is 1. The van der Waals surface area contributed by atoms with Crippen LogP contribution in [-0.2, 0) is 4.79 Å². The molecule has 1 aliphatic rings. The van der Waals surface area contributed by atoms with E-state index in [4.69, 9.17) is 10.8 Å². The van der Waals surface area contributed by atoms with Gasteiger partial charge in [-0.15, -0.1) is 0 Å². The van der Waals surface area contributed by atoms with Crippen LogP contribution in [0.3, 0.4) is 0 Å². The number of carbonyl (C=O) groups is 2. The Hall–Kier alpha value is -2.12. The van der Waals surface area contributed by atoms with E-state index >= 15 is 0 Å². The summed E-state index contributed by atoms with van der Waals surface area (Å²) in [5.41, 5.74) is 5.91. The van der Waals surface area contributed by atoms with Gasteiger partial charge in [-0.1, -0.05) is 0 Å². The fraction of sp³-hybridized carbons (Fsp3) is 0.429. The van der Waals surface area contributed by atoms with Crippen molar-refractivity contribution < 1.29 is 19.8 Å². The van der Waals surface area contributed by atoms with E-state index in [0.29, 0.717) is 0 Å². The molecule has 0 radical (unpaired) electrons. The fourth-order valence-electron chi connectivity index (χ4n) is 2.27. The average molecular weight is 293 g/mol. The first kappa shape index (κ1) is 15.3. The van der Waals surface area contributed by atoms with Crippen LogP contribution in [0.5, 0.6) is 5.75 Å². The number of phenolic OH excluding ortho intramolecular Hbond substituents is 1. The number of likely N-dealkylation sites (tertiary alicyclic amines) is 1. The van der Waals surface area contributed by atoms with Gasteiger partial charge in [0.05, 0.1) is 17.8 Å². The molecule has 0 unspecified atom stereocenters. The number of carboxylic acid groups (broad SMARTS) is 1. The number of nitrogens with two attached hydrogens (primary N) is 1. The SMILES string of the molecule is NC1CCN(CC(=O)Nc2cc(C(=O)O)ccc2O)CC1. The van der Waals surface area contributed by atoms with Crippen molar-refractivity contribution in [2.24, 2.45) is 5.73 Å². The summed E-state index contributed by atoms with van der Waals surface area (Å²) in [5.74, 6) is -1.56. The number of piperidine rings is 1. The van der Waals surface area contributed by atoms with Crippen LogP contribution in [0.25, 0.3) is 0 Å².